The SMILES string of the molecule is C1=CC2=C(CC1)N(c1cccc3cccnc13)c1ccccc1N2N1N=CC(c2ccccc2)=CN1c1ccccc1. The number of rotatable bonds is 4. The lowest BCUT2D eigenvalue weighted by molar-refractivity contribution is 0.281. The highest BCUT2D eigenvalue weighted by atomic mass is 16.0. The quantitative estimate of drug-likeness (QED) is 0.227. The summed E-state index contributed by atoms with van der Waals surface area (Å²) < 4.78 is 0. The third kappa shape index (κ3) is 3.96. The number of pyridine rings is 1. The predicted octanol–water partition coefficient (Wildman–Crippen LogP) is 8.43. The Morgan fingerprint density at radius 1 is 0.667 bits per heavy atom. The highest BCUT2D eigenvalue weighted by Gasteiger charge is 2.37. The van der Waals surface area contributed by atoms with Crippen molar-refractivity contribution in [1.29, 1.82) is 0 Å². The van der Waals surface area contributed by atoms with E-state index in [1.54, 1.807) is 0 Å². The fourth-order valence-electron chi connectivity index (χ4n) is 5.97. The number of hydrazine groups is 2. The van der Waals surface area contributed by atoms with Gasteiger partial charge in [-0.25, -0.2) is 10.0 Å². The highest BCUT2D eigenvalue weighted by molar-refractivity contribution is 6.11. The zero-order valence-electron chi connectivity index (χ0n) is 23.0. The molecule has 0 atom stereocenters. The predicted molar refractivity (Wildman–Crippen MR) is 172 cm³/mol. The first kappa shape index (κ1) is 24.2. The van der Waals surface area contributed by atoms with E-state index in [1.165, 1.54) is 5.70 Å². The van der Waals surface area contributed by atoms with Crippen LogP contribution in [0.15, 0.2) is 156 Å². The lowest BCUT2D eigenvalue weighted by Gasteiger charge is -2.48. The molecule has 0 spiro atoms. The van der Waals surface area contributed by atoms with Crippen molar-refractivity contribution in [2.75, 3.05) is 14.9 Å². The molecular formula is C36H28N6. The summed E-state index contributed by atoms with van der Waals surface area (Å²) in [7, 11) is 0. The molecule has 1 aliphatic carbocycles. The van der Waals surface area contributed by atoms with Crippen LogP contribution in [0.1, 0.15) is 18.4 Å². The van der Waals surface area contributed by atoms with Crippen LogP contribution < -0.4 is 14.9 Å². The number of benzene rings is 4. The monoisotopic (exact) mass is 544 g/mol. The molecule has 4 aromatic carbocycles. The number of anilines is 4. The van der Waals surface area contributed by atoms with E-state index in [9.17, 15) is 0 Å². The summed E-state index contributed by atoms with van der Waals surface area (Å²) in [5.74, 6) is 0. The van der Waals surface area contributed by atoms with E-state index in [2.05, 4.69) is 130 Å². The minimum absolute atomic E-state index is 0.897. The van der Waals surface area contributed by atoms with Gasteiger partial charge in [-0.15, -0.1) is 5.10 Å². The Balaban J connectivity index is 1.32. The number of nitrogens with zero attached hydrogens (tertiary/aromatic N) is 6. The van der Waals surface area contributed by atoms with Gasteiger partial charge in [0.15, 0.2) is 0 Å². The smallest absolute Gasteiger partial charge is 0.0942 e. The second kappa shape index (κ2) is 10.1. The van der Waals surface area contributed by atoms with Gasteiger partial charge in [0.05, 0.1) is 40.2 Å². The molecule has 202 valence electrons. The minimum Gasteiger partial charge on any atom is -0.308 e. The first-order valence-corrected chi connectivity index (χ1v) is 14.2. The average Bonchev–Trinajstić information content (AvgIpc) is 3.07. The maximum atomic E-state index is 5.10. The largest absolute Gasteiger partial charge is 0.308 e. The molecule has 0 saturated carbocycles. The van der Waals surface area contributed by atoms with Gasteiger partial charge in [-0.1, -0.05) is 90.2 Å². The summed E-state index contributed by atoms with van der Waals surface area (Å²) >= 11 is 0. The van der Waals surface area contributed by atoms with Gasteiger partial charge in [-0.3, -0.25) is 4.98 Å². The molecule has 42 heavy (non-hydrogen) atoms. The summed E-state index contributed by atoms with van der Waals surface area (Å²) in [6.45, 7) is 0. The highest BCUT2D eigenvalue weighted by Crippen LogP contribution is 2.49. The van der Waals surface area contributed by atoms with Crippen LogP contribution in [0.5, 0.6) is 0 Å². The van der Waals surface area contributed by atoms with E-state index in [0.717, 1.165) is 63.3 Å². The lowest BCUT2D eigenvalue weighted by atomic mass is 10.00. The molecule has 3 heterocycles. The van der Waals surface area contributed by atoms with E-state index in [0.29, 0.717) is 0 Å². The molecule has 0 fully saturated rings. The molecule has 0 radical (unpaired) electrons. The molecule has 8 rings (SSSR count). The first-order valence-electron chi connectivity index (χ1n) is 14.2. The molecule has 6 heteroatoms. The number of hydrazone groups is 1. The topological polar surface area (TPSA) is 38.2 Å². The van der Waals surface area contributed by atoms with Crippen LogP contribution in [0.25, 0.3) is 16.5 Å². The summed E-state index contributed by atoms with van der Waals surface area (Å²) in [5, 5.41) is 12.6. The number of fused-ring (bicyclic) bond motifs is 2. The fraction of sp³-hybridized carbons (Fsp3) is 0.0556. The van der Waals surface area contributed by atoms with Crippen molar-refractivity contribution < 1.29 is 0 Å². The Morgan fingerprint density at radius 3 is 2.26 bits per heavy atom. The standard InChI is InChI=1S/C36H28N6/c1-3-13-27(14-4-1)29-25-38-42(39(26-29)30-17-5-2-6-18-30)41-33-21-9-7-19-31(33)40(32-20-8-10-22-34(32)41)35-23-11-15-28-16-12-24-37-36(28)35/h1-7,9-19,21-26H,8,20H2. The molecule has 6 nitrogen and oxygen atoms in total. The summed E-state index contributed by atoms with van der Waals surface area (Å²) in [6, 6.07) is 39.9. The number of aromatic nitrogens is 1. The van der Waals surface area contributed by atoms with Crippen LogP contribution in [0.3, 0.4) is 0 Å². The summed E-state index contributed by atoms with van der Waals surface area (Å²) in [6.07, 6.45) is 12.3. The van der Waals surface area contributed by atoms with E-state index in [-0.39, 0.29) is 0 Å². The summed E-state index contributed by atoms with van der Waals surface area (Å²) in [5.41, 5.74) is 9.67. The molecule has 5 aromatic rings. The van der Waals surface area contributed by atoms with Gasteiger partial charge < -0.3 is 4.90 Å². The number of hydrogen-bond donors (Lipinski definition) is 0. The molecule has 0 saturated heterocycles. The van der Waals surface area contributed by atoms with Gasteiger partial charge in [-0.2, -0.15) is 0 Å². The van der Waals surface area contributed by atoms with Crippen LogP contribution >= 0.6 is 0 Å². The van der Waals surface area contributed by atoms with Crippen molar-refractivity contribution in [2.24, 2.45) is 5.10 Å². The van der Waals surface area contributed by atoms with Crippen molar-refractivity contribution in [3.05, 3.63) is 157 Å². The van der Waals surface area contributed by atoms with Crippen molar-refractivity contribution in [3.63, 3.8) is 0 Å². The normalized spacial score (nSPS) is 16.0. The molecular weight excluding hydrogens is 516 g/mol. The number of hydrogen-bond acceptors (Lipinski definition) is 6. The maximum absolute atomic E-state index is 5.10. The third-order valence-corrected chi connectivity index (χ3v) is 7.88. The van der Waals surface area contributed by atoms with Crippen molar-refractivity contribution in [2.45, 2.75) is 12.8 Å². The Kier molecular flexibility index (Phi) is 5.81. The molecule has 0 amide bonds. The zero-order chi connectivity index (χ0) is 27.9. The molecule has 2 aliphatic heterocycles. The van der Waals surface area contributed by atoms with Crippen LogP contribution in [0.2, 0.25) is 0 Å². The summed E-state index contributed by atoms with van der Waals surface area (Å²) in [4.78, 5) is 7.21. The van der Waals surface area contributed by atoms with Crippen LogP contribution in [-0.2, 0) is 0 Å². The Bertz CT molecular complexity index is 1900. The van der Waals surface area contributed by atoms with Crippen LogP contribution in [0.4, 0.5) is 22.7 Å². The number of allylic oxidation sites excluding steroid dienone is 4. The van der Waals surface area contributed by atoms with Crippen molar-refractivity contribution in [3.8, 4) is 0 Å². The lowest BCUT2D eigenvalue weighted by Crippen LogP contribution is -2.52. The third-order valence-electron chi connectivity index (χ3n) is 7.88. The van der Waals surface area contributed by atoms with E-state index in [4.69, 9.17) is 10.1 Å². The second-order valence-corrected chi connectivity index (χ2v) is 10.4. The molecule has 0 unspecified atom stereocenters. The van der Waals surface area contributed by atoms with Crippen molar-refractivity contribution in [1.82, 2.24) is 10.2 Å². The van der Waals surface area contributed by atoms with Gasteiger partial charge in [0.1, 0.15) is 0 Å². The van der Waals surface area contributed by atoms with Gasteiger partial charge in [0, 0.05) is 29.1 Å². The maximum Gasteiger partial charge on any atom is 0.0942 e. The average molecular weight is 545 g/mol. The Morgan fingerprint density at radius 2 is 1.40 bits per heavy atom. The van der Waals surface area contributed by atoms with Gasteiger partial charge in [0.25, 0.3) is 0 Å². The van der Waals surface area contributed by atoms with Gasteiger partial charge >= 0.3 is 0 Å². The van der Waals surface area contributed by atoms with E-state index in [1.807, 2.05) is 35.8 Å². The van der Waals surface area contributed by atoms with Crippen molar-refractivity contribution >= 4 is 45.4 Å². The molecule has 1 aromatic heterocycles. The first-order chi connectivity index (χ1) is 20.9. The van der Waals surface area contributed by atoms with E-state index < -0.39 is 0 Å². The number of para-hydroxylation sites is 4. The molecule has 0 bridgehead atoms. The van der Waals surface area contributed by atoms with Crippen LogP contribution in [-0.4, -0.2) is 16.4 Å². The molecule has 0 N–H and O–H groups in total. The minimum atomic E-state index is 0.897. The van der Waals surface area contributed by atoms with Crippen LogP contribution in [0, 0.1) is 0 Å². The van der Waals surface area contributed by atoms with E-state index >= 15 is 0 Å². The zero-order valence-corrected chi connectivity index (χ0v) is 23.0. The fourth-order valence-corrected chi connectivity index (χ4v) is 5.97. The second-order valence-electron chi connectivity index (χ2n) is 10.4. The Hall–Kier alpha value is -5.62. The van der Waals surface area contributed by atoms with Gasteiger partial charge in [0.2, 0.25) is 0 Å². The molecule has 3 aliphatic rings. The Labute approximate surface area is 245 Å². The van der Waals surface area contributed by atoms with Gasteiger partial charge in [-0.05, 0) is 60.9 Å².